The summed E-state index contributed by atoms with van der Waals surface area (Å²) in [7, 11) is -1.24. The topological polar surface area (TPSA) is 36.9 Å². The van der Waals surface area contributed by atoms with Crippen molar-refractivity contribution in [2.75, 3.05) is 0 Å². The summed E-state index contributed by atoms with van der Waals surface area (Å²) in [6.07, 6.45) is 0.662. The Labute approximate surface area is 341 Å². The first kappa shape index (κ1) is 37.4. The zero-order valence-electron chi connectivity index (χ0n) is 33.2. The molecule has 280 valence electrons. The van der Waals surface area contributed by atoms with Gasteiger partial charge >= 0.3 is 14.0 Å². The molecule has 0 spiro atoms. The van der Waals surface area contributed by atoms with Crippen LogP contribution in [0.1, 0.15) is 76.3 Å². The van der Waals surface area contributed by atoms with Crippen LogP contribution < -0.4 is 0 Å². The van der Waals surface area contributed by atoms with E-state index in [0.29, 0.717) is 6.42 Å². The highest BCUT2D eigenvalue weighted by Gasteiger charge is 2.64. The minimum absolute atomic E-state index is 0.473. The van der Waals surface area contributed by atoms with Crippen LogP contribution in [0.25, 0.3) is 33.4 Å². The van der Waals surface area contributed by atoms with E-state index in [-0.39, 0.29) is 0 Å². The van der Waals surface area contributed by atoms with Gasteiger partial charge in [0.2, 0.25) is 0 Å². The van der Waals surface area contributed by atoms with Gasteiger partial charge in [0.1, 0.15) is 0 Å². The summed E-state index contributed by atoms with van der Waals surface area (Å²) in [5, 5.41) is 0. The summed E-state index contributed by atoms with van der Waals surface area (Å²) in [5.74, 6) is 0. The fraction of sp³-hybridized carbons (Fsp3) is 0.265. The maximum absolute atomic E-state index is 6.78. The van der Waals surface area contributed by atoms with Crippen LogP contribution in [0.3, 0.4) is 0 Å². The van der Waals surface area contributed by atoms with Crippen LogP contribution in [0.5, 0.6) is 0 Å². The maximum Gasteiger partial charge on any atom is 0.489 e. The van der Waals surface area contributed by atoms with Crippen molar-refractivity contribution in [2.24, 2.45) is 0 Å². The standard InChI is InChI=1S/C49H47B2BrO4/c1-45(2)46(3,4)54-50(53-45)51-55-47(5,6)48(7,56-51)32-33-15-14-18-35(29-33)37-22-28-42-41-27-21-36(34-16-10-8-11-17-34)30-43(41)49(44(42)31-37,38-19-12-9-13-20-38)39-23-25-40(52)26-24-39/h8-31H,32H2,1-7H3. The summed E-state index contributed by atoms with van der Waals surface area (Å²) >= 11 is 3.72. The van der Waals surface area contributed by atoms with Crippen LogP contribution in [0, 0.1) is 0 Å². The SMILES string of the molecule is CC1(C)OB(B2OC(C)(C)C(C)(Cc3cccc(-c4ccc5c(c4)C(c4ccccc4)(c4ccc(Br)cc4)c4cc(-c6ccccc6)ccc4-5)c3)O2)OC1(C)C. The zero-order chi connectivity index (χ0) is 39.1. The fourth-order valence-corrected chi connectivity index (χ4v) is 9.21. The second-order valence-electron chi connectivity index (χ2n) is 17.4. The van der Waals surface area contributed by atoms with E-state index in [0.717, 1.165) is 10.0 Å². The molecule has 1 aliphatic carbocycles. The molecule has 0 radical (unpaired) electrons. The van der Waals surface area contributed by atoms with Crippen molar-refractivity contribution < 1.29 is 18.6 Å². The van der Waals surface area contributed by atoms with Gasteiger partial charge in [-0.2, -0.15) is 0 Å². The highest BCUT2D eigenvalue weighted by Crippen LogP contribution is 2.57. The molecular weight excluding hydrogens is 754 g/mol. The summed E-state index contributed by atoms with van der Waals surface area (Å²) in [5.41, 5.74) is 10.8. The number of halogens is 1. The minimum Gasteiger partial charge on any atom is -0.405 e. The second-order valence-corrected chi connectivity index (χ2v) is 18.3. The normalized spacial score (nSPS) is 22.9. The molecule has 0 N–H and O–H groups in total. The van der Waals surface area contributed by atoms with Crippen LogP contribution in [0.15, 0.2) is 150 Å². The minimum atomic E-state index is -0.635. The average Bonchev–Trinajstić information content (AvgIpc) is 3.70. The van der Waals surface area contributed by atoms with Gasteiger partial charge in [-0.3, -0.25) is 0 Å². The van der Waals surface area contributed by atoms with Crippen LogP contribution in [0.4, 0.5) is 0 Å². The van der Waals surface area contributed by atoms with E-state index in [1.165, 1.54) is 55.6 Å². The summed E-state index contributed by atoms with van der Waals surface area (Å²) in [4.78, 5) is 0. The lowest BCUT2D eigenvalue weighted by atomic mass is 9.49. The maximum atomic E-state index is 6.78. The van der Waals surface area contributed by atoms with Crippen molar-refractivity contribution in [1.29, 1.82) is 0 Å². The molecule has 4 nitrogen and oxygen atoms in total. The van der Waals surface area contributed by atoms with E-state index in [4.69, 9.17) is 18.6 Å². The van der Waals surface area contributed by atoms with E-state index in [1.807, 2.05) is 0 Å². The van der Waals surface area contributed by atoms with Gasteiger partial charge in [-0.15, -0.1) is 0 Å². The smallest absolute Gasteiger partial charge is 0.405 e. The quantitative estimate of drug-likeness (QED) is 0.151. The van der Waals surface area contributed by atoms with Crippen molar-refractivity contribution in [1.82, 2.24) is 0 Å². The first-order valence-electron chi connectivity index (χ1n) is 19.7. The molecule has 2 saturated heterocycles. The molecule has 6 aromatic rings. The van der Waals surface area contributed by atoms with Gasteiger partial charge in [-0.05, 0) is 134 Å². The lowest BCUT2D eigenvalue weighted by Gasteiger charge is -2.36. The molecule has 2 aliphatic heterocycles. The third kappa shape index (κ3) is 5.97. The van der Waals surface area contributed by atoms with Crippen LogP contribution in [-0.4, -0.2) is 36.4 Å². The Morgan fingerprint density at radius 3 is 1.54 bits per heavy atom. The molecule has 0 bridgehead atoms. The third-order valence-corrected chi connectivity index (χ3v) is 13.6. The van der Waals surface area contributed by atoms with Crippen LogP contribution in [-0.2, 0) is 30.5 Å². The molecule has 0 saturated carbocycles. The third-order valence-electron chi connectivity index (χ3n) is 13.1. The van der Waals surface area contributed by atoms with Gasteiger partial charge < -0.3 is 18.6 Å². The van der Waals surface area contributed by atoms with Gasteiger partial charge in [0.25, 0.3) is 0 Å². The molecule has 2 unspecified atom stereocenters. The molecule has 2 heterocycles. The van der Waals surface area contributed by atoms with Gasteiger partial charge in [0.05, 0.1) is 27.8 Å². The van der Waals surface area contributed by atoms with E-state index in [2.05, 4.69) is 210 Å². The van der Waals surface area contributed by atoms with Crippen molar-refractivity contribution >= 4 is 29.9 Å². The summed E-state index contributed by atoms with van der Waals surface area (Å²) in [6.45, 7) is 14.6. The molecule has 9 rings (SSSR count). The number of hydrogen-bond donors (Lipinski definition) is 0. The van der Waals surface area contributed by atoms with Gasteiger partial charge in [0.15, 0.2) is 0 Å². The molecule has 6 aromatic carbocycles. The van der Waals surface area contributed by atoms with E-state index in [1.54, 1.807) is 0 Å². The Morgan fingerprint density at radius 1 is 0.446 bits per heavy atom. The van der Waals surface area contributed by atoms with Crippen molar-refractivity contribution in [2.45, 2.75) is 82.7 Å². The molecule has 56 heavy (non-hydrogen) atoms. The summed E-state index contributed by atoms with van der Waals surface area (Å²) < 4.78 is 27.1. The largest absolute Gasteiger partial charge is 0.489 e. The predicted molar refractivity (Wildman–Crippen MR) is 233 cm³/mol. The zero-order valence-corrected chi connectivity index (χ0v) is 34.8. The molecule has 7 heteroatoms. The van der Waals surface area contributed by atoms with Gasteiger partial charge in [-0.25, -0.2) is 0 Å². The molecular formula is C49H47B2BrO4. The number of fused-ring (bicyclic) bond motifs is 3. The Kier molecular flexibility index (Phi) is 8.96. The monoisotopic (exact) mass is 800 g/mol. The first-order chi connectivity index (χ1) is 26.7. The lowest BCUT2D eigenvalue weighted by molar-refractivity contribution is -0.00876. The van der Waals surface area contributed by atoms with Crippen molar-refractivity contribution in [3.8, 4) is 33.4 Å². The average molecular weight is 801 g/mol. The molecule has 0 amide bonds. The Bertz CT molecular complexity index is 2420. The Morgan fingerprint density at radius 2 is 0.929 bits per heavy atom. The molecule has 3 aliphatic rings. The predicted octanol–water partition coefficient (Wildman–Crippen LogP) is 11.9. The van der Waals surface area contributed by atoms with Gasteiger partial charge in [0, 0.05) is 10.9 Å². The van der Waals surface area contributed by atoms with Crippen molar-refractivity contribution in [3.05, 3.63) is 178 Å². The molecule has 0 aromatic heterocycles. The van der Waals surface area contributed by atoms with Crippen LogP contribution >= 0.6 is 15.9 Å². The number of benzene rings is 6. The van der Waals surface area contributed by atoms with Crippen molar-refractivity contribution in [3.63, 3.8) is 0 Å². The van der Waals surface area contributed by atoms with Gasteiger partial charge in [-0.1, -0.05) is 137 Å². The number of rotatable bonds is 7. The number of hydrogen-bond acceptors (Lipinski definition) is 4. The van der Waals surface area contributed by atoms with E-state index in [9.17, 15) is 0 Å². The lowest BCUT2D eigenvalue weighted by Crippen LogP contribution is -2.46. The Balaban J connectivity index is 1.13. The fourth-order valence-electron chi connectivity index (χ4n) is 8.94. The van der Waals surface area contributed by atoms with E-state index >= 15 is 0 Å². The summed E-state index contributed by atoms with van der Waals surface area (Å²) in [6, 6.07) is 53.5. The second kappa shape index (κ2) is 13.4. The highest BCUT2D eigenvalue weighted by molar-refractivity contribution is 9.10. The first-order valence-corrected chi connectivity index (χ1v) is 20.5. The molecule has 2 atom stereocenters. The highest BCUT2D eigenvalue weighted by atomic mass is 79.9. The van der Waals surface area contributed by atoms with Crippen LogP contribution in [0.2, 0.25) is 0 Å². The Hall–Kier alpha value is -4.23. The van der Waals surface area contributed by atoms with E-state index < -0.39 is 41.8 Å². The molecule has 2 fully saturated rings.